The molecule has 0 fully saturated rings. The molecule has 0 saturated heterocycles. The number of carboxylic acid groups (broad SMARTS) is 1. The Morgan fingerprint density at radius 1 is 1.20 bits per heavy atom. The van der Waals surface area contributed by atoms with Crippen molar-refractivity contribution in [2.75, 3.05) is 0 Å². The lowest BCUT2D eigenvalue weighted by atomic mass is 9.94. The Kier molecular flexibility index (Phi) is 4.90. The van der Waals surface area contributed by atoms with E-state index in [0.29, 0.717) is 12.8 Å². The van der Waals surface area contributed by atoms with E-state index in [1.807, 2.05) is 49.4 Å². The molecule has 0 radical (unpaired) electrons. The van der Waals surface area contributed by atoms with Gasteiger partial charge in [0.1, 0.15) is 0 Å². The van der Waals surface area contributed by atoms with Gasteiger partial charge in [-0.1, -0.05) is 34.1 Å². The van der Waals surface area contributed by atoms with Crippen LogP contribution < -0.4 is 0 Å². The Bertz CT molecular complexity index is 596. The van der Waals surface area contributed by atoms with Crippen LogP contribution in [0.3, 0.4) is 0 Å². The highest BCUT2D eigenvalue weighted by atomic mass is 79.9. The van der Waals surface area contributed by atoms with Gasteiger partial charge in [-0.2, -0.15) is 0 Å². The van der Waals surface area contributed by atoms with Gasteiger partial charge in [-0.05, 0) is 43.2 Å². The molecule has 4 heteroatoms. The van der Waals surface area contributed by atoms with E-state index in [2.05, 4.69) is 20.9 Å². The molecule has 0 bridgehead atoms. The number of pyridine rings is 1. The zero-order valence-corrected chi connectivity index (χ0v) is 12.8. The lowest BCUT2D eigenvalue weighted by molar-refractivity contribution is -0.141. The van der Waals surface area contributed by atoms with E-state index in [0.717, 1.165) is 21.4 Å². The molecule has 0 spiro atoms. The first-order chi connectivity index (χ1) is 9.54. The van der Waals surface area contributed by atoms with Crippen LogP contribution >= 0.6 is 15.9 Å². The third-order valence-electron chi connectivity index (χ3n) is 3.15. The number of aromatic nitrogens is 1. The number of carbonyl (C=O) groups is 1. The fourth-order valence-electron chi connectivity index (χ4n) is 2.12. The molecule has 20 heavy (non-hydrogen) atoms. The van der Waals surface area contributed by atoms with Gasteiger partial charge in [0.05, 0.1) is 5.92 Å². The number of aliphatic carboxylic acids is 1. The third kappa shape index (κ3) is 4.17. The fraction of sp³-hybridized carbons (Fsp3) is 0.250. The standard InChI is InChI=1S/C16H16BrNO2/c1-11-3-2-4-15(18-11)10-13(16(19)20)9-12-5-7-14(17)8-6-12/h2-8,13H,9-10H2,1H3,(H,19,20). The zero-order valence-electron chi connectivity index (χ0n) is 11.2. The van der Waals surface area contributed by atoms with Crippen molar-refractivity contribution < 1.29 is 9.90 Å². The number of aryl methyl sites for hydroxylation is 1. The molecule has 1 unspecified atom stereocenters. The zero-order chi connectivity index (χ0) is 14.5. The Hall–Kier alpha value is -1.68. The van der Waals surface area contributed by atoms with Gasteiger partial charge in [0, 0.05) is 22.3 Å². The monoisotopic (exact) mass is 333 g/mol. The van der Waals surface area contributed by atoms with Gasteiger partial charge < -0.3 is 5.11 Å². The van der Waals surface area contributed by atoms with Crippen molar-refractivity contribution in [3.05, 3.63) is 63.9 Å². The molecule has 3 nitrogen and oxygen atoms in total. The third-order valence-corrected chi connectivity index (χ3v) is 3.67. The SMILES string of the molecule is Cc1cccc(CC(Cc2ccc(Br)cc2)C(=O)O)n1. The van der Waals surface area contributed by atoms with Crippen molar-refractivity contribution in [1.82, 2.24) is 4.98 Å². The van der Waals surface area contributed by atoms with Crippen LogP contribution in [0.4, 0.5) is 0 Å². The average Bonchev–Trinajstić information content (AvgIpc) is 2.40. The Morgan fingerprint density at radius 2 is 1.90 bits per heavy atom. The molecule has 1 aromatic carbocycles. The number of rotatable bonds is 5. The van der Waals surface area contributed by atoms with E-state index in [1.54, 1.807) is 0 Å². The minimum atomic E-state index is -0.781. The number of hydrogen-bond donors (Lipinski definition) is 1. The van der Waals surface area contributed by atoms with Gasteiger partial charge in [-0.15, -0.1) is 0 Å². The molecule has 2 aromatic rings. The van der Waals surface area contributed by atoms with E-state index in [1.165, 1.54) is 0 Å². The molecule has 104 valence electrons. The molecule has 0 saturated carbocycles. The Labute approximate surface area is 126 Å². The summed E-state index contributed by atoms with van der Waals surface area (Å²) in [7, 11) is 0. The van der Waals surface area contributed by atoms with Crippen LogP contribution in [-0.4, -0.2) is 16.1 Å². The van der Waals surface area contributed by atoms with E-state index in [4.69, 9.17) is 0 Å². The molecule has 0 aliphatic carbocycles. The van der Waals surface area contributed by atoms with Gasteiger partial charge >= 0.3 is 5.97 Å². The summed E-state index contributed by atoms with van der Waals surface area (Å²) < 4.78 is 0.994. The smallest absolute Gasteiger partial charge is 0.307 e. The molecule has 1 atom stereocenters. The van der Waals surface area contributed by atoms with Crippen LogP contribution in [0.25, 0.3) is 0 Å². The predicted octanol–water partition coefficient (Wildman–Crippen LogP) is 3.64. The first kappa shape index (κ1) is 14.7. The number of benzene rings is 1. The predicted molar refractivity (Wildman–Crippen MR) is 81.6 cm³/mol. The minimum absolute atomic E-state index is 0.451. The quantitative estimate of drug-likeness (QED) is 0.908. The maximum atomic E-state index is 11.4. The summed E-state index contributed by atoms with van der Waals surface area (Å²) in [5.41, 5.74) is 2.76. The van der Waals surface area contributed by atoms with E-state index < -0.39 is 11.9 Å². The summed E-state index contributed by atoms with van der Waals surface area (Å²) >= 11 is 3.38. The molecule has 0 aliphatic rings. The minimum Gasteiger partial charge on any atom is -0.481 e. The number of nitrogens with zero attached hydrogens (tertiary/aromatic N) is 1. The van der Waals surface area contributed by atoms with Gasteiger partial charge in [-0.25, -0.2) is 0 Å². The summed E-state index contributed by atoms with van der Waals surface area (Å²) in [5, 5.41) is 9.38. The van der Waals surface area contributed by atoms with Crippen LogP contribution in [0.2, 0.25) is 0 Å². The highest BCUT2D eigenvalue weighted by Gasteiger charge is 2.19. The second-order valence-electron chi connectivity index (χ2n) is 4.84. The molecular formula is C16H16BrNO2. The van der Waals surface area contributed by atoms with Crippen molar-refractivity contribution in [1.29, 1.82) is 0 Å². The summed E-state index contributed by atoms with van der Waals surface area (Å²) in [6.45, 7) is 1.91. The van der Waals surface area contributed by atoms with Crippen molar-refractivity contribution in [3.63, 3.8) is 0 Å². The summed E-state index contributed by atoms with van der Waals surface area (Å²) in [4.78, 5) is 15.8. The Morgan fingerprint density at radius 3 is 2.50 bits per heavy atom. The van der Waals surface area contributed by atoms with E-state index in [9.17, 15) is 9.90 Å². The van der Waals surface area contributed by atoms with Crippen LogP contribution in [0.1, 0.15) is 17.0 Å². The normalized spacial score (nSPS) is 12.1. The average molecular weight is 334 g/mol. The van der Waals surface area contributed by atoms with Crippen LogP contribution in [0, 0.1) is 12.8 Å². The molecule has 1 heterocycles. The molecule has 2 rings (SSSR count). The molecule has 0 amide bonds. The van der Waals surface area contributed by atoms with Crippen LogP contribution in [0.5, 0.6) is 0 Å². The summed E-state index contributed by atoms with van der Waals surface area (Å²) in [6, 6.07) is 13.5. The summed E-state index contributed by atoms with van der Waals surface area (Å²) in [6.07, 6.45) is 0.964. The fourth-order valence-corrected chi connectivity index (χ4v) is 2.38. The van der Waals surface area contributed by atoms with Crippen LogP contribution in [0.15, 0.2) is 46.9 Å². The molecule has 1 N–H and O–H groups in total. The van der Waals surface area contributed by atoms with Gasteiger partial charge in [0.25, 0.3) is 0 Å². The second kappa shape index (κ2) is 6.66. The first-order valence-electron chi connectivity index (χ1n) is 6.44. The second-order valence-corrected chi connectivity index (χ2v) is 5.76. The maximum absolute atomic E-state index is 11.4. The highest BCUT2D eigenvalue weighted by molar-refractivity contribution is 9.10. The molecule has 1 aromatic heterocycles. The Balaban J connectivity index is 2.11. The number of hydrogen-bond acceptors (Lipinski definition) is 2. The van der Waals surface area contributed by atoms with Crippen molar-refractivity contribution in [2.45, 2.75) is 19.8 Å². The number of halogens is 1. The van der Waals surface area contributed by atoms with Gasteiger partial charge in [-0.3, -0.25) is 9.78 Å². The lowest BCUT2D eigenvalue weighted by Gasteiger charge is -2.12. The summed E-state index contributed by atoms with van der Waals surface area (Å²) in [5.74, 6) is -1.23. The van der Waals surface area contributed by atoms with E-state index >= 15 is 0 Å². The van der Waals surface area contributed by atoms with E-state index in [-0.39, 0.29) is 0 Å². The van der Waals surface area contributed by atoms with Crippen molar-refractivity contribution >= 4 is 21.9 Å². The van der Waals surface area contributed by atoms with Crippen molar-refractivity contribution in [2.24, 2.45) is 5.92 Å². The topological polar surface area (TPSA) is 50.2 Å². The van der Waals surface area contributed by atoms with Gasteiger partial charge in [0.15, 0.2) is 0 Å². The maximum Gasteiger partial charge on any atom is 0.307 e. The van der Waals surface area contributed by atoms with Crippen LogP contribution in [-0.2, 0) is 17.6 Å². The molecular weight excluding hydrogens is 318 g/mol. The first-order valence-corrected chi connectivity index (χ1v) is 7.23. The lowest BCUT2D eigenvalue weighted by Crippen LogP contribution is -2.19. The largest absolute Gasteiger partial charge is 0.481 e. The van der Waals surface area contributed by atoms with Crippen molar-refractivity contribution in [3.8, 4) is 0 Å². The molecule has 0 aliphatic heterocycles. The van der Waals surface area contributed by atoms with Gasteiger partial charge in [0.2, 0.25) is 0 Å². The number of carboxylic acids is 1. The highest BCUT2D eigenvalue weighted by Crippen LogP contribution is 2.17.